The van der Waals surface area contributed by atoms with Crippen LogP contribution in [-0.2, 0) is 13.1 Å². The summed E-state index contributed by atoms with van der Waals surface area (Å²) in [4.78, 5) is 14.0. The summed E-state index contributed by atoms with van der Waals surface area (Å²) in [5, 5.41) is 6.77. The third-order valence-corrected chi connectivity index (χ3v) is 4.89. The summed E-state index contributed by atoms with van der Waals surface area (Å²) < 4.78 is 7.28. The molecule has 0 atom stereocenters. The van der Waals surface area contributed by atoms with Crippen molar-refractivity contribution in [2.75, 3.05) is 17.7 Å². The van der Waals surface area contributed by atoms with Crippen molar-refractivity contribution in [2.24, 2.45) is 0 Å². The molecule has 2 N–H and O–H groups in total. The number of imidazole rings is 1. The highest BCUT2D eigenvalue weighted by Crippen LogP contribution is 2.24. The van der Waals surface area contributed by atoms with Crippen LogP contribution in [0.2, 0.25) is 0 Å². The van der Waals surface area contributed by atoms with Crippen LogP contribution in [0.4, 0.5) is 11.8 Å². The van der Waals surface area contributed by atoms with Gasteiger partial charge in [-0.3, -0.25) is 0 Å². The summed E-state index contributed by atoms with van der Waals surface area (Å²) in [6.07, 6.45) is 1.82. The molecule has 7 heteroatoms. The zero-order chi connectivity index (χ0) is 20.9. The van der Waals surface area contributed by atoms with E-state index in [-0.39, 0.29) is 6.04 Å². The number of hydrogen-bond donors (Lipinski definition) is 2. The first-order valence-electron chi connectivity index (χ1n) is 10.0. The van der Waals surface area contributed by atoms with Gasteiger partial charge >= 0.3 is 0 Å². The van der Waals surface area contributed by atoms with Crippen LogP contribution in [0.5, 0.6) is 5.75 Å². The molecule has 0 saturated heterocycles. The van der Waals surface area contributed by atoms with E-state index in [1.165, 1.54) is 5.56 Å². The molecule has 0 aliphatic carbocycles. The molecule has 0 aliphatic heterocycles. The largest absolute Gasteiger partial charge is 0.497 e. The Morgan fingerprint density at radius 3 is 2.30 bits per heavy atom. The molecule has 0 radical (unpaired) electrons. The highest BCUT2D eigenvalue weighted by molar-refractivity contribution is 5.84. The van der Waals surface area contributed by atoms with Crippen molar-refractivity contribution in [1.82, 2.24) is 19.5 Å². The van der Waals surface area contributed by atoms with Gasteiger partial charge < -0.3 is 19.9 Å². The molecule has 0 fully saturated rings. The number of anilines is 2. The number of methoxy groups -OCH3 is 1. The molecule has 2 aromatic heterocycles. The minimum Gasteiger partial charge on any atom is -0.497 e. The lowest BCUT2D eigenvalue weighted by molar-refractivity contribution is 0.414. The van der Waals surface area contributed by atoms with Crippen molar-refractivity contribution < 1.29 is 4.74 Å². The summed E-state index contributed by atoms with van der Waals surface area (Å²) in [6, 6.07) is 18.4. The molecule has 0 aliphatic rings. The lowest BCUT2D eigenvalue weighted by Gasteiger charge is -2.12. The molecular formula is C23H26N6O. The molecule has 2 heterocycles. The smallest absolute Gasteiger partial charge is 0.227 e. The molecule has 0 bridgehead atoms. The summed E-state index contributed by atoms with van der Waals surface area (Å²) in [6.45, 7) is 5.51. The first-order chi connectivity index (χ1) is 14.6. The van der Waals surface area contributed by atoms with Gasteiger partial charge in [0.2, 0.25) is 5.95 Å². The predicted octanol–water partition coefficient (Wildman–Crippen LogP) is 4.64. The van der Waals surface area contributed by atoms with Gasteiger partial charge in [0.05, 0.1) is 13.4 Å². The van der Waals surface area contributed by atoms with Crippen molar-refractivity contribution in [3.05, 3.63) is 72.1 Å². The van der Waals surface area contributed by atoms with E-state index in [1.807, 2.05) is 48.8 Å². The van der Waals surface area contributed by atoms with E-state index >= 15 is 0 Å². The number of aromatic nitrogens is 4. The van der Waals surface area contributed by atoms with Gasteiger partial charge in [0.15, 0.2) is 17.0 Å². The fourth-order valence-electron chi connectivity index (χ4n) is 3.20. The van der Waals surface area contributed by atoms with Crippen LogP contribution >= 0.6 is 0 Å². The second-order valence-corrected chi connectivity index (χ2v) is 7.35. The van der Waals surface area contributed by atoms with Crippen molar-refractivity contribution in [3.8, 4) is 5.75 Å². The van der Waals surface area contributed by atoms with Crippen LogP contribution in [0.3, 0.4) is 0 Å². The summed E-state index contributed by atoms with van der Waals surface area (Å²) in [7, 11) is 1.66. The third kappa shape index (κ3) is 4.35. The molecule has 4 rings (SSSR count). The third-order valence-electron chi connectivity index (χ3n) is 4.89. The SMILES string of the molecule is COc1ccc(CNc2nc(NCc3ccccc3)c3ncn(C(C)C)c3n2)cc1. The van der Waals surface area contributed by atoms with Crippen LogP contribution < -0.4 is 15.4 Å². The number of hydrogen-bond acceptors (Lipinski definition) is 6. The minimum atomic E-state index is 0.251. The summed E-state index contributed by atoms with van der Waals surface area (Å²) >= 11 is 0. The quantitative estimate of drug-likeness (QED) is 0.447. The van der Waals surface area contributed by atoms with Crippen LogP contribution in [0.25, 0.3) is 11.2 Å². The van der Waals surface area contributed by atoms with Gasteiger partial charge in [-0.15, -0.1) is 0 Å². The zero-order valence-electron chi connectivity index (χ0n) is 17.5. The van der Waals surface area contributed by atoms with E-state index in [4.69, 9.17) is 14.7 Å². The lowest BCUT2D eigenvalue weighted by atomic mass is 10.2. The number of benzene rings is 2. The van der Waals surface area contributed by atoms with Crippen molar-refractivity contribution in [3.63, 3.8) is 0 Å². The lowest BCUT2D eigenvalue weighted by Crippen LogP contribution is -2.09. The topological polar surface area (TPSA) is 76.9 Å². The van der Waals surface area contributed by atoms with Gasteiger partial charge in [-0.25, -0.2) is 4.98 Å². The van der Waals surface area contributed by atoms with Crippen LogP contribution in [0.1, 0.15) is 31.0 Å². The molecule has 0 saturated carbocycles. The highest BCUT2D eigenvalue weighted by Gasteiger charge is 2.15. The number of ether oxygens (including phenoxy) is 1. The Hall–Kier alpha value is -3.61. The maximum Gasteiger partial charge on any atom is 0.227 e. The molecule has 2 aromatic carbocycles. The number of rotatable bonds is 8. The molecule has 30 heavy (non-hydrogen) atoms. The fourth-order valence-corrected chi connectivity index (χ4v) is 3.20. The summed E-state index contributed by atoms with van der Waals surface area (Å²) in [5.74, 6) is 2.13. The van der Waals surface area contributed by atoms with Gasteiger partial charge in [-0.1, -0.05) is 42.5 Å². The van der Waals surface area contributed by atoms with E-state index in [0.29, 0.717) is 19.0 Å². The van der Waals surface area contributed by atoms with Crippen molar-refractivity contribution >= 4 is 22.9 Å². The van der Waals surface area contributed by atoms with Gasteiger partial charge in [0, 0.05) is 19.1 Å². The van der Waals surface area contributed by atoms with E-state index in [0.717, 1.165) is 28.3 Å². The van der Waals surface area contributed by atoms with Crippen molar-refractivity contribution in [2.45, 2.75) is 33.0 Å². The zero-order valence-corrected chi connectivity index (χ0v) is 17.5. The molecule has 0 spiro atoms. The van der Waals surface area contributed by atoms with E-state index in [2.05, 4.69) is 46.2 Å². The maximum atomic E-state index is 5.22. The first-order valence-corrected chi connectivity index (χ1v) is 10.0. The number of nitrogens with zero attached hydrogens (tertiary/aromatic N) is 4. The minimum absolute atomic E-state index is 0.251. The van der Waals surface area contributed by atoms with Gasteiger partial charge in [-0.05, 0) is 37.1 Å². The molecule has 154 valence electrons. The molecule has 4 aromatic rings. The molecule has 7 nitrogen and oxygen atoms in total. The second kappa shape index (κ2) is 8.82. The normalized spacial score (nSPS) is 11.1. The Bertz CT molecular complexity index is 1110. The fraction of sp³-hybridized carbons (Fsp3) is 0.261. The maximum absolute atomic E-state index is 5.22. The van der Waals surface area contributed by atoms with E-state index in [1.54, 1.807) is 7.11 Å². The molecule has 0 unspecified atom stereocenters. The average molecular weight is 403 g/mol. The second-order valence-electron chi connectivity index (χ2n) is 7.35. The van der Waals surface area contributed by atoms with Gasteiger partial charge in [0.1, 0.15) is 5.75 Å². The Morgan fingerprint density at radius 1 is 0.900 bits per heavy atom. The monoisotopic (exact) mass is 402 g/mol. The standard InChI is InChI=1S/C23H26N6O/c1-16(2)29-15-26-20-21(24-13-17-7-5-4-6-8-17)27-23(28-22(20)29)25-14-18-9-11-19(30-3)12-10-18/h4-12,15-16H,13-14H2,1-3H3,(H2,24,25,27,28). The number of fused-ring (bicyclic) bond motifs is 1. The Morgan fingerprint density at radius 2 is 1.60 bits per heavy atom. The Kier molecular flexibility index (Phi) is 5.79. The number of nitrogens with one attached hydrogen (secondary N) is 2. The van der Waals surface area contributed by atoms with Gasteiger partial charge in [0.25, 0.3) is 0 Å². The van der Waals surface area contributed by atoms with E-state index < -0.39 is 0 Å². The van der Waals surface area contributed by atoms with Crippen LogP contribution in [0.15, 0.2) is 60.9 Å². The first kappa shape index (κ1) is 19.7. The van der Waals surface area contributed by atoms with Crippen LogP contribution in [-0.4, -0.2) is 26.6 Å². The highest BCUT2D eigenvalue weighted by atomic mass is 16.5. The Balaban J connectivity index is 1.60. The molecule has 0 amide bonds. The molecular weight excluding hydrogens is 376 g/mol. The summed E-state index contributed by atoms with van der Waals surface area (Å²) in [5.41, 5.74) is 3.89. The van der Waals surface area contributed by atoms with Crippen molar-refractivity contribution in [1.29, 1.82) is 0 Å². The predicted molar refractivity (Wildman–Crippen MR) is 120 cm³/mol. The van der Waals surface area contributed by atoms with Gasteiger partial charge in [-0.2, -0.15) is 9.97 Å². The average Bonchev–Trinajstić information content (AvgIpc) is 3.21. The van der Waals surface area contributed by atoms with E-state index in [9.17, 15) is 0 Å². The van der Waals surface area contributed by atoms with Crippen LogP contribution in [0, 0.1) is 0 Å². The Labute approximate surface area is 176 Å².